The van der Waals surface area contributed by atoms with E-state index in [1.165, 1.54) is 0 Å². The second-order valence-corrected chi connectivity index (χ2v) is 4.56. The van der Waals surface area contributed by atoms with Crippen LogP contribution in [0.15, 0.2) is 11.3 Å². The smallest absolute Gasteiger partial charge is 0.350 e. The fraction of sp³-hybridized carbons (Fsp3) is 0.714. The first-order chi connectivity index (χ1) is 9.69. The third-order valence-corrected chi connectivity index (χ3v) is 3.04. The highest BCUT2D eigenvalue weighted by atomic mass is 16.6. The van der Waals surface area contributed by atoms with Gasteiger partial charge in [0.1, 0.15) is 12.7 Å². The highest BCUT2D eigenvalue weighted by Crippen LogP contribution is 2.12. The molecule has 0 aromatic heterocycles. The van der Waals surface area contributed by atoms with Crippen LogP contribution in [0.3, 0.4) is 0 Å². The van der Waals surface area contributed by atoms with Gasteiger partial charge in [-0.1, -0.05) is 0 Å². The van der Waals surface area contributed by atoms with Crippen LogP contribution >= 0.6 is 0 Å². The van der Waals surface area contributed by atoms with E-state index in [-0.39, 0.29) is 12.2 Å². The van der Waals surface area contributed by atoms with Crippen molar-refractivity contribution in [1.29, 1.82) is 5.26 Å². The summed E-state index contributed by atoms with van der Waals surface area (Å²) in [6.07, 6.45) is 1.00. The Morgan fingerprint density at radius 3 is 2.90 bits per heavy atom. The van der Waals surface area contributed by atoms with E-state index in [9.17, 15) is 4.79 Å². The lowest BCUT2D eigenvalue weighted by atomic mass is 10.1. The number of hydrogen-bond donors (Lipinski definition) is 1. The van der Waals surface area contributed by atoms with E-state index in [1.807, 2.05) is 13.0 Å². The molecule has 1 aliphatic heterocycles. The zero-order valence-electron chi connectivity index (χ0n) is 12.1. The molecule has 0 aromatic rings. The summed E-state index contributed by atoms with van der Waals surface area (Å²) in [6.45, 7) is 6.84. The Morgan fingerprint density at radius 1 is 1.50 bits per heavy atom. The first-order valence-corrected chi connectivity index (χ1v) is 6.86. The van der Waals surface area contributed by atoms with Gasteiger partial charge in [0.05, 0.1) is 13.2 Å². The van der Waals surface area contributed by atoms with Gasteiger partial charge < -0.3 is 19.5 Å². The Kier molecular flexibility index (Phi) is 7.70. The van der Waals surface area contributed by atoms with Gasteiger partial charge in [-0.05, 0) is 20.3 Å². The van der Waals surface area contributed by atoms with Gasteiger partial charge in [-0.25, -0.2) is 4.79 Å². The molecule has 0 aromatic carbocycles. The molecule has 6 heteroatoms. The highest BCUT2D eigenvalue weighted by molar-refractivity contribution is 5.93. The molecule has 0 amide bonds. The van der Waals surface area contributed by atoms with Crippen molar-refractivity contribution in [3.05, 3.63) is 11.3 Å². The van der Waals surface area contributed by atoms with Crippen molar-refractivity contribution >= 4 is 5.97 Å². The van der Waals surface area contributed by atoms with E-state index >= 15 is 0 Å². The first kappa shape index (κ1) is 16.5. The maximum absolute atomic E-state index is 11.8. The van der Waals surface area contributed by atoms with Crippen LogP contribution in [0.25, 0.3) is 0 Å². The fourth-order valence-corrected chi connectivity index (χ4v) is 1.82. The van der Waals surface area contributed by atoms with Gasteiger partial charge in [-0.15, -0.1) is 0 Å². The second-order valence-electron chi connectivity index (χ2n) is 4.56. The lowest BCUT2D eigenvalue weighted by Crippen LogP contribution is -2.24. The van der Waals surface area contributed by atoms with Crippen LogP contribution in [0, 0.1) is 17.2 Å². The van der Waals surface area contributed by atoms with E-state index in [4.69, 9.17) is 19.5 Å². The monoisotopic (exact) mass is 282 g/mol. The maximum Gasteiger partial charge on any atom is 0.350 e. The van der Waals surface area contributed by atoms with Crippen molar-refractivity contribution in [3.63, 3.8) is 0 Å². The summed E-state index contributed by atoms with van der Waals surface area (Å²) in [6, 6.07) is 1.89. The van der Waals surface area contributed by atoms with Crippen molar-refractivity contribution < 1.29 is 19.0 Å². The number of hydrogen-bond acceptors (Lipinski definition) is 6. The van der Waals surface area contributed by atoms with Crippen LogP contribution < -0.4 is 5.32 Å². The fourth-order valence-electron chi connectivity index (χ4n) is 1.82. The number of nitriles is 1. The van der Waals surface area contributed by atoms with Gasteiger partial charge in [-0.2, -0.15) is 5.26 Å². The number of nitrogens with one attached hydrogen (secondary N) is 1. The number of esters is 1. The van der Waals surface area contributed by atoms with Gasteiger partial charge >= 0.3 is 5.97 Å². The van der Waals surface area contributed by atoms with E-state index in [1.54, 1.807) is 6.92 Å². The van der Waals surface area contributed by atoms with Crippen LogP contribution in [0.1, 0.15) is 20.3 Å². The Balaban J connectivity index is 2.42. The topological polar surface area (TPSA) is 80.6 Å². The average Bonchev–Trinajstić information content (AvgIpc) is 2.95. The van der Waals surface area contributed by atoms with Crippen molar-refractivity contribution in [2.24, 2.45) is 5.92 Å². The zero-order valence-corrected chi connectivity index (χ0v) is 12.1. The number of ether oxygens (including phenoxy) is 3. The summed E-state index contributed by atoms with van der Waals surface area (Å²) < 4.78 is 15.3. The van der Waals surface area contributed by atoms with Crippen LogP contribution in [0.2, 0.25) is 0 Å². The SMILES string of the molecule is CCOCCOC(=O)/C(C#N)=C(\C)NCC1CCOC1. The maximum atomic E-state index is 11.8. The Morgan fingerprint density at radius 2 is 2.30 bits per heavy atom. The van der Waals surface area contributed by atoms with E-state index < -0.39 is 5.97 Å². The molecule has 1 rings (SSSR count). The van der Waals surface area contributed by atoms with Crippen LogP contribution in [-0.4, -0.2) is 45.5 Å². The summed E-state index contributed by atoms with van der Waals surface area (Å²) in [5.74, 6) is -0.182. The van der Waals surface area contributed by atoms with Crippen LogP contribution in [-0.2, 0) is 19.0 Å². The molecule has 0 bridgehead atoms. The summed E-state index contributed by atoms with van der Waals surface area (Å²) in [7, 11) is 0. The zero-order chi connectivity index (χ0) is 14.8. The predicted molar refractivity (Wildman–Crippen MR) is 72.7 cm³/mol. The van der Waals surface area contributed by atoms with Crippen LogP contribution in [0.5, 0.6) is 0 Å². The molecule has 1 unspecified atom stereocenters. The molecule has 1 atom stereocenters. The quantitative estimate of drug-likeness (QED) is 0.309. The molecule has 0 spiro atoms. The number of rotatable bonds is 8. The Hall–Kier alpha value is -1.58. The molecule has 112 valence electrons. The molecule has 1 aliphatic rings. The number of carbonyl (C=O) groups is 1. The van der Waals surface area contributed by atoms with Crippen molar-refractivity contribution in [2.45, 2.75) is 20.3 Å². The third kappa shape index (κ3) is 5.59. The molecular formula is C14H22N2O4. The van der Waals surface area contributed by atoms with E-state index in [2.05, 4.69) is 5.32 Å². The predicted octanol–water partition coefficient (Wildman–Crippen LogP) is 0.990. The molecule has 6 nitrogen and oxygen atoms in total. The summed E-state index contributed by atoms with van der Waals surface area (Å²) in [5, 5.41) is 12.2. The first-order valence-electron chi connectivity index (χ1n) is 6.86. The molecule has 20 heavy (non-hydrogen) atoms. The molecule has 1 heterocycles. The molecule has 0 radical (unpaired) electrons. The summed E-state index contributed by atoms with van der Waals surface area (Å²) >= 11 is 0. The normalized spacial score (nSPS) is 19.1. The second kappa shape index (κ2) is 9.34. The molecule has 1 fully saturated rings. The highest BCUT2D eigenvalue weighted by Gasteiger charge is 2.18. The Labute approximate surface area is 119 Å². The number of nitrogens with zero attached hydrogens (tertiary/aromatic N) is 1. The molecule has 1 saturated heterocycles. The largest absolute Gasteiger partial charge is 0.459 e. The standard InChI is InChI=1S/C14H22N2O4/c1-3-18-6-7-20-14(17)13(8-15)11(2)16-9-12-4-5-19-10-12/h12,16H,3-7,9-10H2,1-2H3/b13-11+. The lowest BCUT2D eigenvalue weighted by Gasteiger charge is -2.12. The van der Waals surface area contributed by atoms with Gasteiger partial charge in [0.15, 0.2) is 5.57 Å². The van der Waals surface area contributed by atoms with Crippen LogP contribution in [0.4, 0.5) is 0 Å². The van der Waals surface area contributed by atoms with Crippen molar-refractivity contribution in [1.82, 2.24) is 5.32 Å². The minimum absolute atomic E-state index is 0.0143. The van der Waals surface area contributed by atoms with E-state index in [0.717, 1.165) is 19.6 Å². The number of allylic oxidation sites excluding steroid dienone is 1. The minimum atomic E-state index is -0.611. The van der Waals surface area contributed by atoms with E-state index in [0.29, 0.717) is 31.4 Å². The van der Waals surface area contributed by atoms with Gasteiger partial charge in [0, 0.05) is 31.4 Å². The molecule has 0 saturated carbocycles. The van der Waals surface area contributed by atoms with Gasteiger partial charge in [-0.3, -0.25) is 0 Å². The third-order valence-electron chi connectivity index (χ3n) is 3.04. The summed E-state index contributed by atoms with van der Waals surface area (Å²) in [4.78, 5) is 11.8. The summed E-state index contributed by atoms with van der Waals surface area (Å²) in [5.41, 5.74) is 0.557. The lowest BCUT2D eigenvalue weighted by molar-refractivity contribution is -0.140. The average molecular weight is 282 g/mol. The Bertz CT molecular complexity index is 381. The molecule has 0 aliphatic carbocycles. The van der Waals surface area contributed by atoms with Crippen molar-refractivity contribution in [2.75, 3.05) is 39.6 Å². The molecular weight excluding hydrogens is 260 g/mol. The van der Waals surface area contributed by atoms with Gasteiger partial charge in [0.2, 0.25) is 0 Å². The molecule has 1 N–H and O–H groups in total. The number of carbonyl (C=O) groups excluding carboxylic acids is 1. The van der Waals surface area contributed by atoms with Crippen molar-refractivity contribution in [3.8, 4) is 6.07 Å². The van der Waals surface area contributed by atoms with Gasteiger partial charge in [0.25, 0.3) is 0 Å². The minimum Gasteiger partial charge on any atom is -0.459 e.